The summed E-state index contributed by atoms with van der Waals surface area (Å²) in [5.74, 6) is -1.11. The second-order valence-electron chi connectivity index (χ2n) is 4.81. The highest BCUT2D eigenvalue weighted by Crippen LogP contribution is 2.28. The fourth-order valence-electron chi connectivity index (χ4n) is 2.30. The van der Waals surface area contributed by atoms with Crippen LogP contribution in [0.5, 0.6) is 0 Å². The monoisotopic (exact) mass is 280 g/mol. The van der Waals surface area contributed by atoms with Crippen LogP contribution < -0.4 is 0 Å². The van der Waals surface area contributed by atoms with E-state index >= 15 is 0 Å². The van der Waals surface area contributed by atoms with E-state index in [-0.39, 0.29) is 11.5 Å². The molecule has 104 valence electrons. The Morgan fingerprint density at radius 1 is 1.00 bits per heavy atom. The number of Topliss-reactive ketones (excluding diaryl/α,β-unsaturated/α-hetero) is 1. The van der Waals surface area contributed by atoms with Gasteiger partial charge in [0.1, 0.15) is 0 Å². The standard InChI is InChI=1S/C17H12O4/c1-10(18)11-2-4-12(5-3-11)13-6-7-15-14(8-13)9-21-16(15)17(19)20/h2-9H,1H3,(H,19,20). The Balaban J connectivity index is 2.05. The van der Waals surface area contributed by atoms with Crippen LogP contribution >= 0.6 is 0 Å². The van der Waals surface area contributed by atoms with Crippen molar-refractivity contribution in [2.45, 2.75) is 6.92 Å². The van der Waals surface area contributed by atoms with Gasteiger partial charge < -0.3 is 9.52 Å². The first kappa shape index (κ1) is 13.1. The maximum Gasteiger partial charge on any atom is 0.372 e. The molecule has 0 fully saturated rings. The molecule has 0 bridgehead atoms. The van der Waals surface area contributed by atoms with Gasteiger partial charge in [-0.3, -0.25) is 4.79 Å². The number of fused-ring (bicyclic) bond motifs is 1. The summed E-state index contributed by atoms with van der Waals surface area (Å²) in [6.07, 6.45) is 1.44. The van der Waals surface area contributed by atoms with E-state index in [0.29, 0.717) is 10.9 Å². The topological polar surface area (TPSA) is 67.5 Å². The van der Waals surface area contributed by atoms with Crippen molar-refractivity contribution >= 4 is 22.5 Å². The molecule has 0 saturated heterocycles. The molecule has 21 heavy (non-hydrogen) atoms. The van der Waals surface area contributed by atoms with Gasteiger partial charge in [0.2, 0.25) is 5.76 Å². The fourth-order valence-corrected chi connectivity index (χ4v) is 2.30. The van der Waals surface area contributed by atoms with Gasteiger partial charge in [0.25, 0.3) is 0 Å². The van der Waals surface area contributed by atoms with Crippen molar-refractivity contribution in [3.63, 3.8) is 0 Å². The molecule has 4 heteroatoms. The van der Waals surface area contributed by atoms with E-state index in [1.165, 1.54) is 13.2 Å². The van der Waals surface area contributed by atoms with Crippen LogP contribution in [0.1, 0.15) is 27.8 Å². The lowest BCUT2D eigenvalue weighted by Crippen LogP contribution is -1.93. The summed E-state index contributed by atoms with van der Waals surface area (Å²) in [5.41, 5.74) is 2.56. The molecule has 0 unspecified atom stereocenters. The van der Waals surface area contributed by atoms with Crippen LogP contribution in [0, 0.1) is 0 Å². The number of carbonyl (C=O) groups is 2. The van der Waals surface area contributed by atoms with E-state index < -0.39 is 5.97 Å². The summed E-state index contributed by atoms with van der Waals surface area (Å²) in [4.78, 5) is 22.3. The van der Waals surface area contributed by atoms with Crippen LogP contribution in [0.15, 0.2) is 53.1 Å². The summed E-state index contributed by atoms with van der Waals surface area (Å²) in [6.45, 7) is 1.53. The van der Waals surface area contributed by atoms with Gasteiger partial charge >= 0.3 is 5.97 Å². The molecule has 0 aliphatic heterocycles. The molecular formula is C17H12O4. The predicted octanol–water partition coefficient (Wildman–Crippen LogP) is 4.00. The lowest BCUT2D eigenvalue weighted by Gasteiger charge is -2.03. The third-order valence-corrected chi connectivity index (χ3v) is 3.42. The van der Waals surface area contributed by atoms with E-state index in [2.05, 4.69) is 0 Å². The molecule has 3 aromatic rings. The number of furan rings is 1. The van der Waals surface area contributed by atoms with Crippen LogP contribution in [0.2, 0.25) is 0 Å². The van der Waals surface area contributed by atoms with Crippen LogP contribution in [-0.4, -0.2) is 16.9 Å². The number of carboxylic acid groups (broad SMARTS) is 1. The zero-order chi connectivity index (χ0) is 15.0. The first-order valence-corrected chi connectivity index (χ1v) is 6.42. The van der Waals surface area contributed by atoms with Crippen molar-refractivity contribution in [2.75, 3.05) is 0 Å². The van der Waals surface area contributed by atoms with Crippen molar-refractivity contribution < 1.29 is 19.1 Å². The largest absolute Gasteiger partial charge is 0.475 e. The zero-order valence-corrected chi connectivity index (χ0v) is 11.3. The van der Waals surface area contributed by atoms with Crippen molar-refractivity contribution in [3.05, 3.63) is 60.1 Å². The predicted molar refractivity (Wildman–Crippen MR) is 78.6 cm³/mol. The first-order chi connectivity index (χ1) is 10.1. The van der Waals surface area contributed by atoms with Gasteiger partial charge in [-0.2, -0.15) is 0 Å². The maximum absolute atomic E-state index is 11.3. The van der Waals surface area contributed by atoms with Gasteiger partial charge in [0.05, 0.1) is 6.26 Å². The Morgan fingerprint density at radius 2 is 1.67 bits per heavy atom. The van der Waals surface area contributed by atoms with E-state index in [1.54, 1.807) is 18.2 Å². The third kappa shape index (κ3) is 2.31. The molecule has 0 saturated carbocycles. The number of aromatic carboxylic acids is 1. The average Bonchev–Trinajstić information content (AvgIpc) is 2.90. The van der Waals surface area contributed by atoms with Crippen molar-refractivity contribution in [1.29, 1.82) is 0 Å². The van der Waals surface area contributed by atoms with E-state index in [1.807, 2.05) is 24.3 Å². The van der Waals surface area contributed by atoms with E-state index in [4.69, 9.17) is 9.52 Å². The Bertz CT molecular complexity index is 841. The lowest BCUT2D eigenvalue weighted by atomic mass is 10.0. The molecule has 0 atom stereocenters. The minimum Gasteiger partial charge on any atom is -0.475 e. The quantitative estimate of drug-likeness (QED) is 0.736. The molecule has 3 rings (SSSR count). The Morgan fingerprint density at radius 3 is 2.29 bits per heavy atom. The molecule has 2 aromatic carbocycles. The first-order valence-electron chi connectivity index (χ1n) is 6.42. The molecular weight excluding hydrogens is 268 g/mol. The number of ketones is 1. The lowest BCUT2D eigenvalue weighted by molar-refractivity contribution is 0.0665. The molecule has 1 aromatic heterocycles. The summed E-state index contributed by atoms with van der Waals surface area (Å²) in [7, 11) is 0. The Hall–Kier alpha value is -2.88. The second-order valence-corrected chi connectivity index (χ2v) is 4.81. The summed E-state index contributed by atoms with van der Waals surface area (Å²) >= 11 is 0. The molecule has 0 aliphatic rings. The number of hydrogen-bond donors (Lipinski definition) is 1. The van der Waals surface area contributed by atoms with Crippen LogP contribution in [0.3, 0.4) is 0 Å². The molecule has 1 N–H and O–H groups in total. The van der Waals surface area contributed by atoms with Crippen molar-refractivity contribution in [3.8, 4) is 11.1 Å². The summed E-state index contributed by atoms with van der Waals surface area (Å²) < 4.78 is 5.07. The van der Waals surface area contributed by atoms with E-state index in [9.17, 15) is 9.59 Å². The van der Waals surface area contributed by atoms with Gasteiger partial charge in [-0.15, -0.1) is 0 Å². The highest BCUT2D eigenvalue weighted by molar-refractivity contribution is 6.02. The van der Waals surface area contributed by atoms with Crippen molar-refractivity contribution in [1.82, 2.24) is 0 Å². The van der Waals surface area contributed by atoms with Crippen LogP contribution in [-0.2, 0) is 0 Å². The molecule has 0 aliphatic carbocycles. The molecule has 1 heterocycles. The number of benzene rings is 2. The van der Waals surface area contributed by atoms with Crippen LogP contribution in [0.25, 0.3) is 21.9 Å². The normalized spacial score (nSPS) is 10.7. The molecule has 0 radical (unpaired) electrons. The maximum atomic E-state index is 11.3. The number of rotatable bonds is 3. The fraction of sp³-hybridized carbons (Fsp3) is 0.0588. The van der Waals surface area contributed by atoms with Crippen LogP contribution in [0.4, 0.5) is 0 Å². The molecule has 0 amide bonds. The number of carboxylic acids is 1. The number of hydrogen-bond acceptors (Lipinski definition) is 3. The van der Waals surface area contributed by atoms with Gasteiger partial charge in [0, 0.05) is 16.3 Å². The SMILES string of the molecule is CC(=O)c1ccc(-c2ccc3c(C(=O)O)occ3c2)cc1. The summed E-state index contributed by atoms with van der Waals surface area (Å²) in [5, 5.41) is 10.3. The van der Waals surface area contributed by atoms with E-state index in [0.717, 1.165) is 16.5 Å². The minimum atomic E-state index is -1.08. The second kappa shape index (κ2) is 4.90. The van der Waals surface area contributed by atoms with Crippen molar-refractivity contribution in [2.24, 2.45) is 0 Å². The van der Waals surface area contributed by atoms with Gasteiger partial charge in [-0.05, 0) is 30.2 Å². The van der Waals surface area contributed by atoms with Gasteiger partial charge in [-0.1, -0.05) is 30.3 Å². The highest BCUT2D eigenvalue weighted by atomic mass is 16.4. The Labute approximate surface area is 120 Å². The smallest absolute Gasteiger partial charge is 0.372 e. The number of carbonyl (C=O) groups excluding carboxylic acids is 1. The van der Waals surface area contributed by atoms with Gasteiger partial charge in [0.15, 0.2) is 5.78 Å². The average molecular weight is 280 g/mol. The highest BCUT2D eigenvalue weighted by Gasteiger charge is 2.13. The third-order valence-electron chi connectivity index (χ3n) is 3.42. The Kier molecular flexibility index (Phi) is 3.06. The zero-order valence-electron chi connectivity index (χ0n) is 11.3. The summed E-state index contributed by atoms with van der Waals surface area (Å²) in [6, 6.07) is 12.7. The molecule has 4 nitrogen and oxygen atoms in total. The minimum absolute atomic E-state index is 0.0259. The molecule has 0 spiro atoms. The van der Waals surface area contributed by atoms with Gasteiger partial charge in [-0.25, -0.2) is 4.79 Å².